The van der Waals surface area contributed by atoms with Crippen molar-refractivity contribution in [2.75, 3.05) is 6.61 Å². The fourth-order valence-electron chi connectivity index (χ4n) is 0.117. The third kappa shape index (κ3) is 2.23. The predicted octanol–water partition coefficient (Wildman–Crippen LogP) is 0.0872. The molecule has 7 heavy (non-hydrogen) atoms. The third-order valence-electron chi connectivity index (χ3n) is 0.907. The number of rotatable bonds is 2. The van der Waals surface area contributed by atoms with E-state index in [1.165, 1.54) is 0 Å². The van der Waals surface area contributed by atoms with Crippen LogP contribution in [0.5, 0.6) is 0 Å². The Hall–Kier alpha value is -0.500. The van der Waals surface area contributed by atoms with E-state index < -0.39 is 0 Å². The summed E-state index contributed by atoms with van der Waals surface area (Å²) in [4.78, 5) is 0. The van der Waals surface area contributed by atoms with Crippen molar-refractivity contribution < 1.29 is 5.11 Å². The van der Waals surface area contributed by atoms with Gasteiger partial charge in [-0.2, -0.15) is 0 Å². The molecule has 0 amide bonds. The largest absolute Gasteiger partial charge is 0.402 e. The summed E-state index contributed by atoms with van der Waals surface area (Å²) in [7, 11) is 0. The van der Waals surface area contributed by atoms with Crippen LogP contribution in [0.2, 0.25) is 0 Å². The first-order valence-electron chi connectivity index (χ1n) is 2.23. The minimum absolute atomic E-state index is 0.0417. The summed E-state index contributed by atoms with van der Waals surface area (Å²) in [6.07, 6.45) is 0. The van der Waals surface area contributed by atoms with Gasteiger partial charge < -0.3 is 10.8 Å². The van der Waals surface area contributed by atoms with Crippen molar-refractivity contribution in [2.24, 2.45) is 11.7 Å². The average molecular weight is 101 g/mol. The van der Waals surface area contributed by atoms with E-state index in [4.69, 9.17) is 10.8 Å². The van der Waals surface area contributed by atoms with Crippen LogP contribution in [0.3, 0.4) is 0 Å². The van der Waals surface area contributed by atoms with Gasteiger partial charge in [0.25, 0.3) is 0 Å². The highest BCUT2D eigenvalue weighted by atomic mass is 16.3. The molecular formula is C5H11NO. The first-order chi connectivity index (χ1) is 3.18. The van der Waals surface area contributed by atoms with Crippen molar-refractivity contribution >= 4 is 0 Å². The zero-order chi connectivity index (χ0) is 5.86. The highest BCUT2D eigenvalue weighted by Gasteiger charge is 1.97. The average Bonchev–Trinajstić information content (AvgIpc) is 1.65. The van der Waals surface area contributed by atoms with E-state index in [2.05, 4.69) is 6.58 Å². The lowest BCUT2D eigenvalue weighted by molar-refractivity contribution is 0.255. The fourth-order valence-corrected chi connectivity index (χ4v) is 0.117. The van der Waals surface area contributed by atoms with Crippen LogP contribution in [-0.2, 0) is 0 Å². The molecule has 0 spiro atoms. The molecule has 0 aromatic rings. The summed E-state index contributed by atoms with van der Waals surface area (Å²) in [5.74, 6) is 0.0417. The van der Waals surface area contributed by atoms with Gasteiger partial charge in [0.15, 0.2) is 0 Å². The van der Waals surface area contributed by atoms with E-state index in [1.54, 1.807) is 0 Å². The number of nitrogens with two attached hydrogens (primary N) is 1. The zero-order valence-corrected chi connectivity index (χ0v) is 4.52. The Bertz CT molecular complexity index is 70.5. The molecule has 3 N–H and O–H groups in total. The molecule has 0 aromatic carbocycles. The van der Waals surface area contributed by atoms with Crippen molar-refractivity contribution in [1.82, 2.24) is 0 Å². The second-order valence-corrected chi connectivity index (χ2v) is 1.66. The van der Waals surface area contributed by atoms with Gasteiger partial charge in [-0.25, -0.2) is 0 Å². The van der Waals surface area contributed by atoms with Gasteiger partial charge in [0.2, 0.25) is 0 Å². The van der Waals surface area contributed by atoms with Crippen LogP contribution >= 0.6 is 0 Å². The van der Waals surface area contributed by atoms with Crippen molar-refractivity contribution in [3.63, 3.8) is 0 Å². The second kappa shape index (κ2) is 2.64. The number of aliphatic hydroxyl groups excluding tert-OH is 1. The minimum Gasteiger partial charge on any atom is -0.402 e. The van der Waals surface area contributed by atoms with Crippen LogP contribution in [0.15, 0.2) is 12.3 Å². The molecule has 1 atom stereocenters. The quantitative estimate of drug-likeness (QED) is 0.517. The molecule has 0 aliphatic heterocycles. The molecule has 0 aliphatic rings. The molecule has 1 unspecified atom stereocenters. The van der Waals surface area contributed by atoms with Gasteiger partial charge in [-0.1, -0.05) is 13.5 Å². The lowest BCUT2D eigenvalue weighted by Crippen LogP contribution is -2.10. The van der Waals surface area contributed by atoms with E-state index in [-0.39, 0.29) is 12.5 Å². The van der Waals surface area contributed by atoms with E-state index in [0.29, 0.717) is 5.70 Å². The van der Waals surface area contributed by atoms with Crippen LogP contribution in [-0.4, -0.2) is 11.7 Å². The molecule has 2 nitrogen and oxygen atoms in total. The first kappa shape index (κ1) is 6.50. The molecule has 2 heteroatoms. The van der Waals surface area contributed by atoms with Gasteiger partial charge in [-0.05, 0) is 0 Å². The van der Waals surface area contributed by atoms with E-state index in [0.717, 1.165) is 0 Å². The molecule has 0 bridgehead atoms. The van der Waals surface area contributed by atoms with Gasteiger partial charge in [0, 0.05) is 11.6 Å². The van der Waals surface area contributed by atoms with Crippen LogP contribution in [0.1, 0.15) is 6.92 Å². The maximum Gasteiger partial charge on any atom is 0.0510 e. The minimum atomic E-state index is 0.0417. The fraction of sp³-hybridized carbons (Fsp3) is 0.600. The summed E-state index contributed by atoms with van der Waals surface area (Å²) < 4.78 is 0. The first-order valence-corrected chi connectivity index (χ1v) is 2.23. The molecule has 0 radical (unpaired) electrons. The summed E-state index contributed by atoms with van der Waals surface area (Å²) in [6.45, 7) is 5.36. The summed E-state index contributed by atoms with van der Waals surface area (Å²) in [5, 5.41) is 8.36. The van der Waals surface area contributed by atoms with Crippen molar-refractivity contribution in [3.8, 4) is 0 Å². The van der Waals surface area contributed by atoms with Gasteiger partial charge in [-0.15, -0.1) is 0 Å². The number of aliphatic hydroxyl groups is 1. The lowest BCUT2D eigenvalue weighted by Gasteiger charge is -2.03. The Morgan fingerprint density at radius 2 is 2.43 bits per heavy atom. The molecule has 0 saturated heterocycles. The van der Waals surface area contributed by atoms with Crippen LogP contribution in [0.4, 0.5) is 0 Å². The van der Waals surface area contributed by atoms with Crippen molar-refractivity contribution in [2.45, 2.75) is 6.92 Å². The van der Waals surface area contributed by atoms with Crippen LogP contribution in [0, 0.1) is 5.92 Å². The maximum absolute atomic E-state index is 8.36. The molecule has 0 fully saturated rings. The van der Waals surface area contributed by atoms with Gasteiger partial charge in [0.05, 0.1) is 6.61 Å². The lowest BCUT2D eigenvalue weighted by atomic mass is 10.1. The zero-order valence-electron chi connectivity index (χ0n) is 4.52. The SMILES string of the molecule is C=C(N)C(C)CO. The summed E-state index contributed by atoms with van der Waals surface area (Å²) in [6, 6.07) is 0. The normalized spacial score (nSPS) is 13.4. The Kier molecular flexibility index (Phi) is 2.45. The summed E-state index contributed by atoms with van der Waals surface area (Å²) >= 11 is 0. The number of hydrogen-bond acceptors (Lipinski definition) is 2. The van der Waals surface area contributed by atoms with Crippen LogP contribution < -0.4 is 5.73 Å². The number of hydrogen-bond donors (Lipinski definition) is 2. The van der Waals surface area contributed by atoms with Crippen molar-refractivity contribution in [1.29, 1.82) is 0 Å². The molecule has 0 aliphatic carbocycles. The highest BCUT2D eigenvalue weighted by Crippen LogP contribution is 1.97. The molecule has 42 valence electrons. The monoisotopic (exact) mass is 101 g/mol. The molecule has 0 saturated carbocycles. The van der Waals surface area contributed by atoms with E-state index >= 15 is 0 Å². The van der Waals surface area contributed by atoms with Crippen LogP contribution in [0.25, 0.3) is 0 Å². The molecule has 0 heterocycles. The van der Waals surface area contributed by atoms with Gasteiger partial charge in [0.1, 0.15) is 0 Å². The second-order valence-electron chi connectivity index (χ2n) is 1.66. The topological polar surface area (TPSA) is 46.2 Å². The van der Waals surface area contributed by atoms with Gasteiger partial charge >= 0.3 is 0 Å². The molecule has 0 aromatic heterocycles. The van der Waals surface area contributed by atoms with Gasteiger partial charge in [-0.3, -0.25) is 0 Å². The highest BCUT2D eigenvalue weighted by molar-refractivity contribution is 4.91. The van der Waals surface area contributed by atoms with Crippen molar-refractivity contribution in [3.05, 3.63) is 12.3 Å². The predicted molar refractivity (Wildman–Crippen MR) is 29.6 cm³/mol. The maximum atomic E-state index is 8.36. The smallest absolute Gasteiger partial charge is 0.0510 e. The molecule has 0 rings (SSSR count). The van der Waals surface area contributed by atoms with E-state index in [9.17, 15) is 0 Å². The molecular weight excluding hydrogens is 90.1 g/mol. The standard InChI is InChI=1S/C5H11NO/c1-4(3-7)5(2)6/h4,7H,2-3,6H2,1H3. The summed E-state index contributed by atoms with van der Waals surface area (Å²) in [5.41, 5.74) is 5.74. The Morgan fingerprint density at radius 3 is 2.43 bits per heavy atom. The Labute approximate surface area is 43.6 Å². The third-order valence-corrected chi connectivity index (χ3v) is 0.907. The van der Waals surface area contributed by atoms with E-state index in [1.807, 2.05) is 6.92 Å². The Balaban J connectivity index is 3.34. The Morgan fingerprint density at radius 1 is 2.00 bits per heavy atom.